The molecule has 0 unspecified atom stereocenters. The standard InChI is InChI=1S/2C21H20BrClN4S/c22-14-3-1-4-16(13-14)26-21(28)25-15-8-11-27(12-9-15)19-7-10-24-20-17(19)5-2-6-18(20)23;22-16-5-1-2-7-18(16)26-21(28)25-14-9-12-27(13-10-14)19-8-11-24-20-15(19)4-3-6-17(20)23/h1-7,10,13,15H,8-9,11-12H2,(H2,25,26,28);1-8,11,14H,9-10,12-13H2,(H2,25,26,28). The number of hydrogen-bond donors (Lipinski definition) is 4. The predicted octanol–water partition coefficient (Wildman–Crippen LogP) is 11.2. The molecule has 0 radical (unpaired) electrons. The van der Waals surface area contributed by atoms with Crippen molar-refractivity contribution in [1.29, 1.82) is 0 Å². The Balaban J connectivity index is 0.000000172. The Bertz CT molecular complexity index is 2330. The van der Waals surface area contributed by atoms with Crippen LogP contribution < -0.4 is 31.1 Å². The lowest BCUT2D eigenvalue weighted by Crippen LogP contribution is -2.46. The summed E-state index contributed by atoms with van der Waals surface area (Å²) >= 11 is 30.6. The second-order valence-electron chi connectivity index (χ2n) is 13.6. The summed E-state index contributed by atoms with van der Waals surface area (Å²) in [4.78, 5) is 13.7. The SMILES string of the molecule is S=C(Nc1cccc(Br)c1)NC1CCN(c2ccnc3c(Cl)cccc23)CC1.S=C(Nc1ccccc1Br)NC1CCN(c2ccnc3c(Cl)cccc23)CC1. The van der Waals surface area contributed by atoms with Gasteiger partial charge in [0.1, 0.15) is 0 Å². The molecule has 2 fully saturated rings. The maximum Gasteiger partial charge on any atom is 0.171 e. The molecule has 8 rings (SSSR count). The van der Waals surface area contributed by atoms with Gasteiger partial charge in [-0.15, -0.1) is 0 Å². The molecule has 288 valence electrons. The van der Waals surface area contributed by atoms with Gasteiger partial charge >= 0.3 is 0 Å². The molecule has 6 aromatic rings. The fourth-order valence-corrected chi connectivity index (χ4v) is 8.95. The third-order valence-electron chi connectivity index (χ3n) is 9.94. The highest BCUT2D eigenvalue weighted by Gasteiger charge is 2.23. The number of nitrogens with zero attached hydrogens (tertiary/aromatic N) is 4. The zero-order chi connectivity index (χ0) is 39.0. The summed E-state index contributed by atoms with van der Waals surface area (Å²) in [6, 6.07) is 32.7. The van der Waals surface area contributed by atoms with E-state index in [1.165, 1.54) is 11.4 Å². The first-order chi connectivity index (χ1) is 27.2. The van der Waals surface area contributed by atoms with Crippen LogP contribution in [-0.4, -0.2) is 58.5 Å². The first-order valence-electron chi connectivity index (χ1n) is 18.4. The van der Waals surface area contributed by atoms with Gasteiger partial charge in [-0.1, -0.05) is 81.6 Å². The van der Waals surface area contributed by atoms with Crippen molar-refractivity contribution in [3.8, 4) is 0 Å². The van der Waals surface area contributed by atoms with E-state index in [4.69, 9.17) is 47.6 Å². The normalized spacial score (nSPS) is 14.9. The Morgan fingerprint density at radius 2 is 1.11 bits per heavy atom. The molecule has 4 N–H and O–H groups in total. The van der Waals surface area contributed by atoms with E-state index < -0.39 is 0 Å². The highest BCUT2D eigenvalue weighted by atomic mass is 79.9. The summed E-state index contributed by atoms with van der Waals surface area (Å²) < 4.78 is 2.02. The van der Waals surface area contributed by atoms with Crippen LogP contribution in [0.5, 0.6) is 0 Å². The van der Waals surface area contributed by atoms with Crippen molar-refractivity contribution in [1.82, 2.24) is 20.6 Å². The number of anilines is 4. The number of fused-ring (bicyclic) bond motifs is 2. The number of halogens is 4. The number of thiocarbonyl (C=S) groups is 2. The Morgan fingerprint density at radius 1 is 0.607 bits per heavy atom. The van der Waals surface area contributed by atoms with Crippen LogP contribution in [0.1, 0.15) is 25.7 Å². The molecule has 14 heteroatoms. The van der Waals surface area contributed by atoms with Crippen molar-refractivity contribution in [2.24, 2.45) is 0 Å². The van der Waals surface area contributed by atoms with Gasteiger partial charge in [0.15, 0.2) is 10.2 Å². The molecule has 0 saturated carbocycles. The Labute approximate surface area is 365 Å². The van der Waals surface area contributed by atoms with Gasteiger partial charge in [0.05, 0.1) is 26.8 Å². The Hall–Kier alpha value is -3.78. The second-order valence-corrected chi connectivity index (χ2v) is 17.0. The van der Waals surface area contributed by atoms with Crippen molar-refractivity contribution in [2.45, 2.75) is 37.8 Å². The second kappa shape index (κ2) is 19.1. The minimum atomic E-state index is 0.357. The molecule has 0 amide bonds. The van der Waals surface area contributed by atoms with Gasteiger partial charge in [-0.3, -0.25) is 9.97 Å². The molecule has 2 aliphatic heterocycles. The summed E-state index contributed by atoms with van der Waals surface area (Å²) in [5.74, 6) is 0. The number of hydrogen-bond acceptors (Lipinski definition) is 6. The van der Waals surface area contributed by atoms with E-state index in [2.05, 4.69) is 97.2 Å². The van der Waals surface area contributed by atoms with Gasteiger partial charge in [0.2, 0.25) is 0 Å². The van der Waals surface area contributed by atoms with Crippen LogP contribution in [0, 0.1) is 0 Å². The fourth-order valence-electron chi connectivity index (χ4n) is 7.16. The molecule has 4 heterocycles. The van der Waals surface area contributed by atoms with Crippen molar-refractivity contribution in [3.63, 3.8) is 0 Å². The van der Waals surface area contributed by atoms with Crippen LogP contribution in [0.4, 0.5) is 22.7 Å². The average Bonchev–Trinajstić information content (AvgIpc) is 3.20. The summed E-state index contributed by atoms with van der Waals surface area (Å²) in [6.07, 6.45) is 7.75. The third kappa shape index (κ3) is 10.2. The lowest BCUT2D eigenvalue weighted by atomic mass is 10.0. The van der Waals surface area contributed by atoms with Crippen LogP contribution in [0.2, 0.25) is 10.0 Å². The molecular weight excluding hydrogens is 911 g/mol. The molecule has 4 aromatic carbocycles. The fraction of sp³-hybridized carbons (Fsp3) is 0.238. The van der Waals surface area contributed by atoms with E-state index in [0.29, 0.717) is 32.4 Å². The number of aromatic nitrogens is 2. The van der Waals surface area contributed by atoms with Crippen LogP contribution in [0.3, 0.4) is 0 Å². The largest absolute Gasteiger partial charge is 0.371 e. The topological polar surface area (TPSA) is 80.4 Å². The average molecular weight is 952 g/mol. The van der Waals surface area contributed by atoms with Gasteiger partial charge < -0.3 is 31.1 Å². The first-order valence-corrected chi connectivity index (χ1v) is 21.6. The molecule has 56 heavy (non-hydrogen) atoms. The van der Waals surface area contributed by atoms with Crippen molar-refractivity contribution in [2.75, 3.05) is 46.6 Å². The zero-order valence-corrected chi connectivity index (χ0v) is 36.6. The summed E-state index contributed by atoms with van der Waals surface area (Å²) in [5, 5.41) is 18.3. The van der Waals surface area contributed by atoms with Crippen LogP contribution in [0.15, 0.2) is 118 Å². The molecule has 0 bridgehead atoms. The number of piperidine rings is 2. The molecule has 2 aliphatic rings. The van der Waals surface area contributed by atoms with Gasteiger partial charge in [-0.2, -0.15) is 0 Å². The van der Waals surface area contributed by atoms with E-state index in [0.717, 1.165) is 94.0 Å². The van der Waals surface area contributed by atoms with Crippen LogP contribution >= 0.6 is 79.5 Å². The molecule has 2 saturated heterocycles. The maximum absolute atomic E-state index is 6.31. The third-order valence-corrected chi connectivity index (χ3v) is 12.2. The molecule has 0 spiro atoms. The number of benzene rings is 4. The van der Waals surface area contributed by atoms with E-state index in [-0.39, 0.29) is 0 Å². The quantitative estimate of drug-likeness (QED) is 0.121. The molecule has 0 aliphatic carbocycles. The van der Waals surface area contributed by atoms with Gasteiger partial charge in [-0.25, -0.2) is 0 Å². The van der Waals surface area contributed by atoms with Crippen molar-refractivity contribution < 1.29 is 0 Å². The van der Waals surface area contributed by atoms with Gasteiger partial charge in [0.25, 0.3) is 0 Å². The minimum Gasteiger partial charge on any atom is -0.371 e. The monoisotopic (exact) mass is 948 g/mol. The molecule has 0 atom stereocenters. The predicted molar refractivity (Wildman–Crippen MR) is 251 cm³/mol. The van der Waals surface area contributed by atoms with E-state index in [9.17, 15) is 0 Å². The van der Waals surface area contributed by atoms with Crippen LogP contribution in [0.25, 0.3) is 21.8 Å². The minimum absolute atomic E-state index is 0.357. The summed E-state index contributed by atoms with van der Waals surface area (Å²) in [7, 11) is 0. The number of para-hydroxylation sites is 3. The summed E-state index contributed by atoms with van der Waals surface area (Å²) in [5.41, 5.74) is 6.06. The highest BCUT2D eigenvalue weighted by molar-refractivity contribution is 9.10. The smallest absolute Gasteiger partial charge is 0.171 e. The lowest BCUT2D eigenvalue weighted by Gasteiger charge is -2.35. The maximum atomic E-state index is 6.31. The number of rotatable bonds is 6. The summed E-state index contributed by atoms with van der Waals surface area (Å²) in [6.45, 7) is 3.84. The highest BCUT2D eigenvalue weighted by Crippen LogP contribution is 2.33. The Morgan fingerprint density at radius 3 is 1.62 bits per heavy atom. The lowest BCUT2D eigenvalue weighted by molar-refractivity contribution is 0.468. The van der Waals surface area contributed by atoms with E-state index >= 15 is 0 Å². The van der Waals surface area contributed by atoms with Gasteiger partial charge in [-0.05, 0) is 121 Å². The number of pyridine rings is 2. The van der Waals surface area contributed by atoms with Gasteiger partial charge in [0, 0.05) is 87.4 Å². The van der Waals surface area contributed by atoms with E-state index in [1.807, 2.05) is 85.2 Å². The first kappa shape index (κ1) is 40.4. The van der Waals surface area contributed by atoms with Crippen LogP contribution in [-0.2, 0) is 0 Å². The van der Waals surface area contributed by atoms with E-state index in [1.54, 1.807) is 0 Å². The number of nitrogens with one attached hydrogen (secondary N) is 4. The van der Waals surface area contributed by atoms with Crippen molar-refractivity contribution in [3.05, 3.63) is 128 Å². The molecule has 8 nitrogen and oxygen atoms in total. The molecular formula is C42H40Br2Cl2N8S2. The van der Waals surface area contributed by atoms with Crippen molar-refractivity contribution >= 4 is 134 Å². The Kier molecular flexibility index (Phi) is 13.8. The molecule has 2 aromatic heterocycles. The zero-order valence-electron chi connectivity index (χ0n) is 30.3.